The molecule has 0 bridgehead atoms. The summed E-state index contributed by atoms with van der Waals surface area (Å²) in [5.74, 6) is 4.09. The van der Waals surface area contributed by atoms with E-state index in [1.807, 2.05) is 66.7 Å². The largest absolute Gasteiger partial charge is 0.317 e. The molecule has 7 nitrogen and oxygen atoms in total. The zero-order chi connectivity index (χ0) is 24.1. The van der Waals surface area contributed by atoms with Crippen LogP contribution in [-0.2, 0) is 4.79 Å². The van der Waals surface area contributed by atoms with Crippen molar-refractivity contribution in [2.24, 2.45) is 5.84 Å². The predicted octanol–water partition coefficient (Wildman–Crippen LogP) is 4.61. The first-order valence-electron chi connectivity index (χ1n) is 10.2. The molecule has 9 heteroatoms. The van der Waals surface area contributed by atoms with Crippen molar-refractivity contribution in [2.45, 2.75) is 0 Å². The topological polar surface area (TPSA) is 102 Å². The maximum absolute atomic E-state index is 12.9. The predicted molar refractivity (Wildman–Crippen MR) is 133 cm³/mol. The van der Waals surface area contributed by atoms with Crippen molar-refractivity contribution in [3.8, 4) is 16.9 Å². The van der Waals surface area contributed by atoms with Gasteiger partial charge in [0.15, 0.2) is 0 Å². The number of amides is 2. The van der Waals surface area contributed by atoms with Crippen LogP contribution < -0.4 is 16.6 Å². The van der Waals surface area contributed by atoms with E-state index < -0.39 is 11.8 Å². The summed E-state index contributed by atoms with van der Waals surface area (Å²) in [6, 6.07) is 25.3. The van der Waals surface area contributed by atoms with Crippen LogP contribution in [-0.4, -0.2) is 21.6 Å². The Labute approximate surface area is 205 Å². The van der Waals surface area contributed by atoms with Crippen LogP contribution in [0.4, 0.5) is 0 Å². The summed E-state index contributed by atoms with van der Waals surface area (Å²) in [4.78, 5) is 25.4. The van der Waals surface area contributed by atoms with E-state index >= 15 is 0 Å². The molecule has 0 saturated heterocycles. The maximum Gasteiger partial charge on any atom is 0.281 e. The number of nitrogens with zero attached hydrogens (tertiary/aromatic N) is 2. The molecular formula is C25H19Cl2N5O2. The molecule has 170 valence electrons. The van der Waals surface area contributed by atoms with Crippen molar-refractivity contribution in [3.05, 3.63) is 112 Å². The van der Waals surface area contributed by atoms with Gasteiger partial charge in [-0.05, 0) is 42.5 Å². The summed E-state index contributed by atoms with van der Waals surface area (Å²) >= 11 is 12.1. The van der Waals surface area contributed by atoms with E-state index in [1.165, 1.54) is 24.3 Å². The van der Waals surface area contributed by atoms with Gasteiger partial charge in [0, 0.05) is 10.6 Å². The van der Waals surface area contributed by atoms with Crippen LogP contribution in [0.25, 0.3) is 23.0 Å². The Morgan fingerprint density at radius 1 is 0.912 bits per heavy atom. The summed E-state index contributed by atoms with van der Waals surface area (Å²) in [6.45, 7) is 0. The number of nitrogens with two attached hydrogens (primary N) is 1. The summed E-state index contributed by atoms with van der Waals surface area (Å²) in [5.41, 5.74) is 5.03. The lowest BCUT2D eigenvalue weighted by Gasteiger charge is -2.11. The molecule has 0 unspecified atom stereocenters. The highest BCUT2D eigenvalue weighted by molar-refractivity contribution is 6.36. The molecule has 0 aliphatic carbocycles. The van der Waals surface area contributed by atoms with Gasteiger partial charge in [-0.15, -0.1) is 0 Å². The van der Waals surface area contributed by atoms with E-state index in [0.717, 1.165) is 11.3 Å². The van der Waals surface area contributed by atoms with Crippen molar-refractivity contribution in [2.75, 3.05) is 0 Å². The lowest BCUT2D eigenvalue weighted by molar-refractivity contribution is -0.117. The van der Waals surface area contributed by atoms with Crippen molar-refractivity contribution in [1.29, 1.82) is 0 Å². The smallest absolute Gasteiger partial charge is 0.281 e. The van der Waals surface area contributed by atoms with Gasteiger partial charge in [-0.1, -0.05) is 71.7 Å². The molecule has 4 rings (SSSR count). The molecule has 0 fully saturated rings. The zero-order valence-corrected chi connectivity index (χ0v) is 19.2. The number of para-hydroxylation sites is 1. The molecule has 1 aromatic heterocycles. The van der Waals surface area contributed by atoms with Gasteiger partial charge < -0.3 is 5.32 Å². The number of carbonyl (C=O) groups is 2. The first-order valence-corrected chi connectivity index (χ1v) is 10.9. The second-order valence-corrected chi connectivity index (χ2v) is 8.02. The van der Waals surface area contributed by atoms with Crippen LogP contribution in [0.5, 0.6) is 0 Å². The minimum atomic E-state index is -0.694. The molecule has 2 amide bonds. The summed E-state index contributed by atoms with van der Waals surface area (Å²) < 4.78 is 1.67. The highest BCUT2D eigenvalue weighted by Gasteiger charge is 2.18. The number of hydrazine groups is 1. The average Bonchev–Trinajstić information content (AvgIpc) is 3.28. The minimum Gasteiger partial charge on any atom is -0.317 e. The average molecular weight is 492 g/mol. The first-order chi connectivity index (χ1) is 16.5. The maximum atomic E-state index is 12.9. The third kappa shape index (κ3) is 5.18. The fraction of sp³-hybridized carbons (Fsp3) is 0. The van der Waals surface area contributed by atoms with Gasteiger partial charge >= 0.3 is 0 Å². The summed E-state index contributed by atoms with van der Waals surface area (Å²) in [7, 11) is 0. The van der Waals surface area contributed by atoms with E-state index in [4.69, 9.17) is 34.1 Å². The van der Waals surface area contributed by atoms with E-state index in [1.54, 1.807) is 4.68 Å². The highest BCUT2D eigenvalue weighted by atomic mass is 35.5. The number of benzene rings is 3. The van der Waals surface area contributed by atoms with Crippen LogP contribution >= 0.6 is 23.2 Å². The number of carbonyl (C=O) groups excluding carboxylic acids is 2. The Bertz CT molecular complexity index is 1370. The van der Waals surface area contributed by atoms with Gasteiger partial charge in [0.25, 0.3) is 11.8 Å². The number of aromatic nitrogens is 2. The number of rotatable bonds is 6. The van der Waals surface area contributed by atoms with Gasteiger partial charge in [0.2, 0.25) is 0 Å². The van der Waals surface area contributed by atoms with Crippen LogP contribution in [0.1, 0.15) is 16.1 Å². The number of nitrogens with one attached hydrogen (secondary N) is 2. The minimum absolute atomic E-state index is 0.0878. The number of halogens is 2. The van der Waals surface area contributed by atoms with E-state index in [-0.39, 0.29) is 16.3 Å². The van der Waals surface area contributed by atoms with Crippen molar-refractivity contribution >= 4 is 41.1 Å². The van der Waals surface area contributed by atoms with Gasteiger partial charge in [0.1, 0.15) is 5.70 Å². The molecule has 1 heterocycles. The monoisotopic (exact) mass is 491 g/mol. The quantitative estimate of drug-likeness (QED) is 0.158. The van der Waals surface area contributed by atoms with Crippen molar-refractivity contribution < 1.29 is 9.59 Å². The standard InChI is InChI=1S/C25H19Cl2N5O2/c26-17-11-12-20(21(27)13-17)24(33)29-23(25(34)30-28)15-19-14-22(16-7-3-1-4-8-16)31-32(19)18-9-5-2-6-10-18/h1-15H,28H2,(H,29,33)(H,30,34)/b23-15-. The lowest BCUT2D eigenvalue weighted by Crippen LogP contribution is -2.38. The van der Waals surface area contributed by atoms with Crippen LogP contribution in [0.2, 0.25) is 10.0 Å². The lowest BCUT2D eigenvalue weighted by atomic mass is 10.1. The van der Waals surface area contributed by atoms with Gasteiger partial charge in [-0.25, -0.2) is 10.5 Å². The molecule has 4 aromatic rings. The summed E-state index contributed by atoms with van der Waals surface area (Å²) in [6.07, 6.45) is 1.50. The van der Waals surface area contributed by atoms with Gasteiger partial charge in [-0.3, -0.25) is 15.0 Å². The van der Waals surface area contributed by atoms with E-state index in [9.17, 15) is 9.59 Å². The summed E-state index contributed by atoms with van der Waals surface area (Å²) in [5, 5.41) is 7.83. The Hall–Kier alpha value is -3.91. The SMILES string of the molecule is NNC(=O)/C(=C/c1cc(-c2ccccc2)nn1-c1ccccc1)NC(=O)c1ccc(Cl)cc1Cl. The molecule has 0 spiro atoms. The molecule has 0 aliphatic heterocycles. The van der Waals surface area contributed by atoms with Crippen molar-refractivity contribution in [1.82, 2.24) is 20.5 Å². The third-order valence-corrected chi connectivity index (χ3v) is 5.45. The molecule has 34 heavy (non-hydrogen) atoms. The van der Waals surface area contributed by atoms with E-state index in [2.05, 4.69) is 10.7 Å². The van der Waals surface area contributed by atoms with E-state index in [0.29, 0.717) is 16.4 Å². The zero-order valence-electron chi connectivity index (χ0n) is 17.7. The number of hydrogen-bond donors (Lipinski definition) is 3. The second-order valence-electron chi connectivity index (χ2n) is 7.18. The molecule has 0 aliphatic rings. The van der Waals surface area contributed by atoms with Crippen LogP contribution in [0, 0.1) is 0 Å². The van der Waals surface area contributed by atoms with Crippen LogP contribution in [0.3, 0.4) is 0 Å². The molecule has 4 N–H and O–H groups in total. The van der Waals surface area contributed by atoms with Gasteiger partial charge in [0.05, 0.1) is 27.7 Å². The normalized spacial score (nSPS) is 11.2. The Morgan fingerprint density at radius 3 is 2.24 bits per heavy atom. The Balaban J connectivity index is 1.78. The molecule has 0 atom stereocenters. The Kier molecular flexibility index (Phi) is 7.08. The Morgan fingerprint density at radius 2 is 1.59 bits per heavy atom. The highest BCUT2D eigenvalue weighted by Crippen LogP contribution is 2.24. The first kappa shape index (κ1) is 23.3. The van der Waals surface area contributed by atoms with Crippen molar-refractivity contribution in [3.63, 3.8) is 0 Å². The fourth-order valence-corrected chi connectivity index (χ4v) is 3.77. The molecule has 0 radical (unpaired) electrons. The second kappa shape index (κ2) is 10.4. The molecule has 3 aromatic carbocycles. The van der Waals surface area contributed by atoms with Gasteiger partial charge in [-0.2, -0.15) is 5.10 Å². The third-order valence-electron chi connectivity index (χ3n) is 4.90. The van der Waals surface area contributed by atoms with Crippen LogP contribution in [0.15, 0.2) is 90.6 Å². The number of hydrogen-bond acceptors (Lipinski definition) is 4. The fourth-order valence-electron chi connectivity index (χ4n) is 3.27. The molecule has 0 saturated carbocycles. The molecular weight excluding hydrogens is 473 g/mol.